The zero-order chi connectivity index (χ0) is 23.1. The van der Waals surface area contributed by atoms with Gasteiger partial charge in [-0.15, -0.1) is 0 Å². The lowest BCUT2D eigenvalue weighted by atomic mass is 9.80. The summed E-state index contributed by atoms with van der Waals surface area (Å²) in [4.78, 5) is 49.5. The van der Waals surface area contributed by atoms with Gasteiger partial charge in [0.05, 0.1) is 24.2 Å². The van der Waals surface area contributed by atoms with E-state index in [9.17, 15) is 19.2 Å². The summed E-state index contributed by atoms with van der Waals surface area (Å²) in [5, 5.41) is 0. The van der Waals surface area contributed by atoms with Gasteiger partial charge in [0.1, 0.15) is 12.2 Å². The first-order valence-electron chi connectivity index (χ1n) is 9.90. The second kappa shape index (κ2) is 8.30. The molecule has 3 aliphatic rings. The number of carbonyl (C=O) groups excluding carboxylic acids is 4. The van der Waals surface area contributed by atoms with E-state index < -0.39 is 59.8 Å². The van der Waals surface area contributed by atoms with Gasteiger partial charge in [0.2, 0.25) is 0 Å². The monoisotopic (exact) mass is 434 g/mol. The summed E-state index contributed by atoms with van der Waals surface area (Å²) in [5.74, 6) is -3.84. The second-order valence-corrected chi connectivity index (χ2v) is 8.14. The molecule has 9 nitrogen and oxygen atoms in total. The molecular formula is C22H26O9. The van der Waals surface area contributed by atoms with Gasteiger partial charge >= 0.3 is 23.9 Å². The Morgan fingerprint density at radius 1 is 1.23 bits per heavy atom. The molecule has 0 aromatic carbocycles. The topological polar surface area (TPSA) is 118 Å². The van der Waals surface area contributed by atoms with Crippen LogP contribution in [0.1, 0.15) is 33.6 Å². The van der Waals surface area contributed by atoms with Gasteiger partial charge in [-0.25, -0.2) is 14.4 Å². The van der Waals surface area contributed by atoms with E-state index in [2.05, 4.69) is 13.2 Å². The van der Waals surface area contributed by atoms with Crippen molar-refractivity contribution < 1.29 is 42.9 Å². The van der Waals surface area contributed by atoms with Gasteiger partial charge in [-0.1, -0.05) is 19.2 Å². The van der Waals surface area contributed by atoms with Gasteiger partial charge in [0, 0.05) is 18.1 Å². The second-order valence-electron chi connectivity index (χ2n) is 8.14. The molecule has 6 atom stereocenters. The molecule has 2 heterocycles. The summed E-state index contributed by atoms with van der Waals surface area (Å²) in [6.45, 7) is 11.9. The van der Waals surface area contributed by atoms with Crippen molar-refractivity contribution in [3.63, 3.8) is 0 Å². The predicted octanol–water partition coefficient (Wildman–Crippen LogP) is 1.55. The fourth-order valence-electron chi connectivity index (χ4n) is 4.10. The van der Waals surface area contributed by atoms with Gasteiger partial charge in [-0.2, -0.15) is 0 Å². The largest absolute Gasteiger partial charge is 0.466 e. The first kappa shape index (κ1) is 22.7. The molecule has 3 rings (SSSR count). The maximum atomic E-state index is 12.6. The van der Waals surface area contributed by atoms with Gasteiger partial charge in [0.25, 0.3) is 0 Å². The van der Waals surface area contributed by atoms with E-state index in [1.165, 1.54) is 14.0 Å². The Bertz CT molecular complexity index is 885. The molecule has 1 aliphatic carbocycles. The number of methoxy groups -OCH3 is 1. The lowest BCUT2D eigenvalue weighted by Crippen LogP contribution is -2.48. The van der Waals surface area contributed by atoms with E-state index in [1.54, 1.807) is 6.08 Å². The number of allylic oxidation sites excluding steroid dienone is 1. The standard InChI is InChI=1S/C22H26O9/c1-10(2)19(24)29-16-14-11(3)20(25)30-17(14)18-22(5,31-18)9-7-8-13(21(26)27-6)15(16)28-12(4)23/h8,14-18H,1,3,7,9H2,2,4-6H3/b13-8+/t14-,15+,16+,17+,18+,22-/m1/s1. The van der Waals surface area contributed by atoms with E-state index in [-0.39, 0.29) is 16.7 Å². The molecule has 2 saturated heterocycles. The lowest BCUT2D eigenvalue weighted by molar-refractivity contribution is -0.168. The molecule has 0 aromatic rings. The molecular weight excluding hydrogens is 408 g/mol. The van der Waals surface area contributed by atoms with Crippen LogP contribution in [0.15, 0.2) is 36.0 Å². The number of carbonyl (C=O) groups is 4. The van der Waals surface area contributed by atoms with Crippen LogP contribution >= 0.6 is 0 Å². The van der Waals surface area contributed by atoms with Crippen LogP contribution in [0.3, 0.4) is 0 Å². The Morgan fingerprint density at radius 2 is 1.90 bits per heavy atom. The van der Waals surface area contributed by atoms with E-state index in [1.807, 2.05) is 6.92 Å². The lowest BCUT2D eigenvalue weighted by Gasteiger charge is -2.33. The fourth-order valence-corrected chi connectivity index (χ4v) is 4.10. The first-order chi connectivity index (χ1) is 14.5. The van der Waals surface area contributed by atoms with Crippen molar-refractivity contribution in [2.24, 2.45) is 5.92 Å². The van der Waals surface area contributed by atoms with E-state index in [0.717, 1.165) is 6.92 Å². The van der Waals surface area contributed by atoms with Crippen LogP contribution < -0.4 is 0 Å². The Morgan fingerprint density at radius 3 is 2.48 bits per heavy atom. The Hall–Kier alpha value is -2.94. The Labute approximate surface area is 180 Å². The average molecular weight is 434 g/mol. The summed E-state index contributed by atoms with van der Waals surface area (Å²) in [5.41, 5.74) is -0.486. The Kier molecular flexibility index (Phi) is 6.09. The van der Waals surface area contributed by atoms with Crippen molar-refractivity contribution >= 4 is 23.9 Å². The molecule has 0 amide bonds. The minimum atomic E-state index is -1.35. The maximum absolute atomic E-state index is 12.6. The van der Waals surface area contributed by atoms with Crippen LogP contribution in [0.4, 0.5) is 0 Å². The number of hydrogen-bond acceptors (Lipinski definition) is 9. The summed E-state index contributed by atoms with van der Waals surface area (Å²) in [6.07, 6.45) is -1.45. The normalized spacial score (nSPS) is 36.0. The minimum absolute atomic E-state index is 0.00851. The van der Waals surface area contributed by atoms with Crippen LogP contribution in [0, 0.1) is 5.92 Å². The number of esters is 4. The smallest absolute Gasteiger partial charge is 0.337 e. The highest BCUT2D eigenvalue weighted by atomic mass is 16.7. The number of hydrogen-bond donors (Lipinski definition) is 0. The zero-order valence-electron chi connectivity index (χ0n) is 18.0. The molecule has 0 radical (unpaired) electrons. The highest BCUT2D eigenvalue weighted by Gasteiger charge is 2.64. The molecule has 2 aliphatic heterocycles. The number of fused-ring (bicyclic) bond motifs is 3. The van der Waals surface area contributed by atoms with Crippen molar-refractivity contribution in [2.75, 3.05) is 7.11 Å². The van der Waals surface area contributed by atoms with Crippen LogP contribution in [-0.2, 0) is 42.9 Å². The minimum Gasteiger partial charge on any atom is -0.466 e. The summed E-state index contributed by atoms with van der Waals surface area (Å²) in [6, 6.07) is 0. The SMILES string of the molecule is C=C(C)C(=O)O[C@H]1[C@H]2C(=C)C(=O)O[C@@H]2[C@@H]2O[C@]2(C)CC/C=C(/C(=O)OC)[C@@H]1OC(C)=O. The quantitative estimate of drug-likeness (QED) is 0.281. The predicted molar refractivity (Wildman–Crippen MR) is 105 cm³/mol. The average Bonchev–Trinajstić information content (AvgIpc) is 3.28. The van der Waals surface area contributed by atoms with Gasteiger partial charge in [-0.05, 0) is 26.7 Å². The van der Waals surface area contributed by atoms with Crippen molar-refractivity contribution in [3.05, 3.63) is 36.0 Å². The highest BCUT2D eigenvalue weighted by molar-refractivity contribution is 5.93. The molecule has 9 heteroatoms. The zero-order valence-corrected chi connectivity index (χ0v) is 18.0. The summed E-state index contributed by atoms with van der Waals surface area (Å²) < 4.78 is 27.4. The molecule has 0 bridgehead atoms. The molecule has 2 fully saturated rings. The van der Waals surface area contributed by atoms with Crippen LogP contribution in [0.25, 0.3) is 0 Å². The third kappa shape index (κ3) is 4.27. The van der Waals surface area contributed by atoms with E-state index >= 15 is 0 Å². The van der Waals surface area contributed by atoms with Crippen molar-refractivity contribution in [1.29, 1.82) is 0 Å². The van der Waals surface area contributed by atoms with Gasteiger partial charge < -0.3 is 23.7 Å². The molecule has 0 saturated carbocycles. The van der Waals surface area contributed by atoms with E-state index in [0.29, 0.717) is 12.8 Å². The van der Waals surface area contributed by atoms with E-state index in [4.69, 9.17) is 23.7 Å². The van der Waals surface area contributed by atoms with Crippen LogP contribution in [0.2, 0.25) is 0 Å². The number of ether oxygens (including phenoxy) is 5. The van der Waals surface area contributed by atoms with Gasteiger partial charge in [0.15, 0.2) is 12.2 Å². The molecule has 0 N–H and O–H groups in total. The summed E-state index contributed by atoms with van der Waals surface area (Å²) >= 11 is 0. The van der Waals surface area contributed by atoms with Gasteiger partial charge in [-0.3, -0.25) is 4.79 Å². The molecule has 0 spiro atoms. The van der Waals surface area contributed by atoms with Crippen LogP contribution in [-0.4, -0.2) is 61.0 Å². The molecule has 0 aromatic heterocycles. The molecule has 168 valence electrons. The first-order valence-corrected chi connectivity index (χ1v) is 9.90. The van der Waals surface area contributed by atoms with Crippen molar-refractivity contribution in [3.8, 4) is 0 Å². The molecule has 31 heavy (non-hydrogen) atoms. The maximum Gasteiger partial charge on any atom is 0.337 e. The number of rotatable bonds is 4. The third-order valence-corrected chi connectivity index (χ3v) is 5.77. The molecule has 0 unspecified atom stereocenters. The van der Waals surface area contributed by atoms with Crippen molar-refractivity contribution in [2.45, 2.75) is 63.6 Å². The summed E-state index contributed by atoms with van der Waals surface area (Å²) in [7, 11) is 1.19. The highest BCUT2D eigenvalue weighted by Crippen LogP contribution is 2.50. The fraction of sp³-hybridized carbons (Fsp3) is 0.545. The van der Waals surface area contributed by atoms with Crippen molar-refractivity contribution in [1.82, 2.24) is 0 Å². The van der Waals surface area contributed by atoms with Crippen LogP contribution in [0.5, 0.6) is 0 Å². The number of epoxide rings is 1. The third-order valence-electron chi connectivity index (χ3n) is 5.77. The Balaban J connectivity index is 2.17.